The number of hydrogen-bond acceptors (Lipinski definition) is 4. The highest BCUT2D eigenvalue weighted by Crippen LogP contribution is 2.33. The fourth-order valence-electron chi connectivity index (χ4n) is 3.60. The third kappa shape index (κ3) is 6.09. The summed E-state index contributed by atoms with van der Waals surface area (Å²) >= 11 is 11.9. The first-order chi connectivity index (χ1) is 14.9. The van der Waals surface area contributed by atoms with E-state index in [0.717, 1.165) is 24.0 Å². The zero-order valence-electron chi connectivity index (χ0n) is 16.8. The first-order valence-corrected chi connectivity index (χ1v) is 10.8. The molecule has 5 nitrogen and oxygen atoms in total. The highest BCUT2D eigenvalue weighted by molar-refractivity contribution is 6.30. The molecule has 0 saturated carbocycles. The van der Waals surface area contributed by atoms with Crippen molar-refractivity contribution in [1.82, 2.24) is 4.90 Å². The van der Waals surface area contributed by atoms with Gasteiger partial charge < -0.3 is 15.1 Å². The van der Waals surface area contributed by atoms with Gasteiger partial charge in [0.25, 0.3) is 5.91 Å². The molecule has 2 aromatic carbocycles. The van der Waals surface area contributed by atoms with E-state index in [1.165, 1.54) is 4.90 Å². The summed E-state index contributed by atoms with van der Waals surface area (Å²) in [5.74, 6) is 4.47. The quantitative estimate of drug-likeness (QED) is 0.644. The Morgan fingerprint density at radius 2 is 1.81 bits per heavy atom. The van der Waals surface area contributed by atoms with Crippen molar-refractivity contribution in [2.24, 2.45) is 0 Å². The van der Waals surface area contributed by atoms with Crippen LogP contribution in [0.1, 0.15) is 42.9 Å². The molecule has 3 rings (SSSR count). The summed E-state index contributed by atoms with van der Waals surface area (Å²) in [6.07, 6.45) is -1.97. The van der Waals surface area contributed by atoms with Crippen LogP contribution in [0.2, 0.25) is 10.0 Å². The Morgan fingerprint density at radius 1 is 1.06 bits per heavy atom. The number of aliphatic hydroxyl groups is 2. The number of rotatable bonds is 6. The molecule has 0 radical (unpaired) electrons. The Bertz CT molecular complexity index is 997. The minimum absolute atomic E-state index is 0.0657. The van der Waals surface area contributed by atoms with Gasteiger partial charge in [-0.25, -0.2) is 0 Å². The molecule has 3 atom stereocenters. The van der Waals surface area contributed by atoms with E-state index in [-0.39, 0.29) is 18.9 Å². The van der Waals surface area contributed by atoms with Crippen LogP contribution in [0.25, 0.3) is 0 Å². The minimum atomic E-state index is -1.81. The number of benzene rings is 2. The normalized spacial score (nSPS) is 17.5. The Balaban J connectivity index is 1.57. The lowest BCUT2D eigenvalue weighted by molar-refractivity contribution is -0.153. The number of likely N-dealkylation sites (tertiary alicyclic amines) is 1. The van der Waals surface area contributed by atoms with Gasteiger partial charge in [0.15, 0.2) is 11.9 Å². The zero-order valence-corrected chi connectivity index (χ0v) is 18.3. The first kappa shape index (κ1) is 23.3. The van der Waals surface area contributed by atoms with Crippen LogP contribution >= 0.6 is 23.2 Å². The first-order valence-electron chi connectivity index (χ1n) is 10.1. The lowest BCUT2D eigenvalue weighted by Crippen LogP contribution is -2.47. The molecule has 1 aliphatic rings. The molecule has 31 heavy (non-hydrogen) atoms. The number of Topliss-reactive ketones (excluding diaryl/α,β-unsaturated/α-hetero) is 1. The van der Waals surface area contributed by atoms with E-state index >= 15 is 0 Å². The molecule has 0 aromatic heterocycles. The van der Waals surface area contributed by atoms with E-state index in [4.69, 9.17) is 23.2 Å². The summed E-state index contributed by atoms with van der Waals surface area (Å²) < 4.78 is 0. The molecule has 0 bridgehead atoms. The summed E-state index contributed by atoms with van der Waals surface area (Å²) in [6, 6.07) is 13.9. The maximum atomic E-state index is 12.8. The fourth-order valence-corrected chi connectivity index (χ4v) is 3.93. The third-order valence-electron chi connectivity index (χ3n) is 5.22. The van der Waals surface area contributed by atoms with Crippen LogP contribution in [0.4, 0.5) is 0 Å². The molecule has 1 amide bonds. The summed E-state index contributed by atoms with van der Waals surface area (Å²) in [6.45, 7) is 0.445. The van der Waals surface area contributed by atoms with E-state index < -0.39 is 23.9 Å². The van der Waals surface area contributed by atoms with Gasteiger partial charge in [-0.2, -0.15) is 0 Å². The smallest absolute Gasteiger partial charge is 0.255 e. The number of aliphatic hydroxyl groups excluding tert-OH is 2. The Labute approximate surface area is 191 Å². The Kier molecular flexibility index (Phi) is 8.11. The number of carbonyl (C=O) groups excluding carboxylic acids is 2. The molecule has 1 saturated heterocycles. The second-order valence-corrected chi connectivity index (χ2v) is 8.28. The fraction of sp³-hybridized carbons (Fsp3) is 0.333. The van der Waals surface area contributed by atoms with Gasteiger partial charge in [-0.05, 0) is 54.8 Å². The van der Waals surface area contributed by atoms with Gasteiger partial charge in [-0.15, -0.1) is 0 Å². The van der Waals surface area contributed by atoms with Crippen molar-refractivity contribution in [3.05, 3.63) is 69.7 Å². The molecule has 0 spiro atoms. The average molecular weight is 460 g/mol. The van der Waals surface area contributed by atoms with E-state index in [1.807, 2.05) is 6.07 Å². The summed E-state index contributed by atoms with van der Waals surface area (Å²) in [4.78, 5) is 26.6. The maximum absolute atomic E-state index is 12.8. The molecule has 2 N–H and O–H groups in total. The number of hydrogen-bond donors (Lipinski definition) is 2. The van der Waals surface area contributed by atoms with Gasteiger partial charge in [-0.3, -0.25) is 9.59 Å². The van der Waals surface area contributed by atoms with Crippen molar-refractivity contribution < 1.29 is 19.8 Å². The van der Waals surface area contributed by atoms with Crippen LogP contribution in [-0.4, -0.2) is 45.6 Å². The maximum Gasteiger partial charge on any atom is 0.255 e. The van der Waals surface area contributed by atoms with Gasteiger partial charge >= 0.3 is 0 Å². The topological polar surface area (TPSA) is 77.8 Å². The Morgan fingerprint density at radius 3 is 2.52 bits per heavy atom. The van der Waals surface area contributed by atoms with E-state index in [2.05, 4.69) is 11.8 Å². The highest BCUT2D eigenvalue weighted by Gasteiger charge is 2.38. The molecule has 7 heteroatoms. The van der Waals surface area contributed by atoms with Crippen LogP contribution < -0.4 is 0 Å². The third-order valence-corrected chi connectivity index (χ3v) is 5.71. The van der Waals surface area contributed by atoms with Crippen LogP contribution in [0.15, 0.2) is 48.5 Å². The molecule has 162 valence electrons. The van der Waals surface area contributed by atoms with Crippen LogP contribution in [-0.2, 0) is 9.59 Å². The van der Waals surface area contributed by atoms with E-state index in [0.29, 0.717) is 16.6 Å². The molecular formula is C24H23Cl2NO4. The molecular weight excluding hydrogens is 437 g/mol. The van der Waals surface area contributed by atoms with Gasteiger partial charge in [0.2, 0.25) is 0 Å². The van der Waals surface area contributed by atoms with Crippen LogP contribution in [0.3, 0.4) is 0 Å². The van der Waals surface area contributed by atoms with Crippen molar-refractivity contribution in [2.75, 3.05) is 6.54 Å². The number of halogens is 2. The standard InChI is InChI=1S/C24H23Cl2NO4/c25-18-12-10-16(11-13-18)5-1-2-9-21(28)22(29)23(30)24(31)27-14-4-8-20(27)17-6-3-7-19(26)15-17/h3,6-7,10-13,15,20,22-23,29-30H,2,4,8-9,14H2/t20?,22-,23+/m0/s1. The average Bonchev–Trinajstić information content (AvgIpc) is 3.26. The Hall–Kier alpha value is -2.36. The molecule has 1 fully saturated rings. The molecule has 1 heterocycles. The lowest BCUT2D eigenvalue weighted by Gasteiger charge is -2.28. The predicted molar refractivity (Wildman–Crippen MR) is 120 cm³/mol. The zero-order chi connectivity index (χ0) is 22.4. The minimum Gasteiger partial charge on any atom is -0.382 e. The van der Waals surface area contributed by atoms with Crippen LogP contribution in [0, 0.1) is 11.8 Å². The van der Waals surface area contributed by atoms with Crippen molar-refractivity contribution in [3.63, 3.8) is 0 Å². The second-order valence-electron chi connectivity index (χ2n) is 7.41. The summed E-state index contributed by atoms with van der Waals surface area (Å²) in [5.41, 5.74) is 1.62. The predicted octanol–water partition coefficient (Wildman–Crippen LogP) is 3.78. The van der Waals surface area contributed by atoms with Gasteiger partial charge in [0.1, 0.15) is 6.10 Å². The number of nitrogens with zero attached hydrogens (tertiary/aromatic N) is 1. The monoisotopic (exact) mass is 459 g/mol. The SMILES string of the molecule is O=C(CCC#Cc1ccc(Cl)cc1)[C@H](O)[C@@H](O)C(=O)N1CCCC1c1cccc(Cl)c1. The largest absolute Gasteiger partial charge is 0.382 e. The number of carbonyl (C=O) groups is 2. The second kappa shape index (κ2) is 10.8. The van der Waals surface area contributed by atoms with E-state index in [9.17, 15) is 19.8 Å². The van der Waals surface area contributed by atoms with Crippen molar-refractivity contribution >= 4 is 34.9 Å². The van der Waals surface area contributed by atoms with Crippen molar-refractivity contribution in [1.29, 1.82) is 0 Å². The number of amides is 1. The lowest BCUT2D eigenvalue weighted by atomic mass is 10.0. The van der Waals surface area contributed by atoms with Crippen molar-refractivity contribution in [2.45, 2.75) is 43.9 Å². The molecule has 2 aromatic rings. The van der Waals surface area contributed by atoms with Gasteiger partial charge in [0.05, 0.1) is 6.04 Å². The van der Waals surface area contributed by atoms with E-state index in [1.54, 1.807) is 42.5 Å². The van der Waals surface area contributed by atoms with Gasteiger partial charge in [0, 0.05) is 35.0 Å². The number of ketones is 1. The molecule has 1 unspecified atom stereocenters. The molecule has 0 aliphatic carbocycles. The molecule has 1 aliphatic heterocycles. The summed E-state index contributed by atoms with van der Waals surface area (Å²) in [7, 11) is 0. The van der Waals surface area contributed by atoms with Crippen LogP contribution in [0.5, 0.6) is 0 Å². The van der Waals surface area contributed by atoms with Crippen molar-refractivity contribution in [3.8, 4) is 11.8 Å². The van der Waals surface area contributed by atoms with Gasteiger partial charge in [-0.1, -0.05) is 47.2 Å². The summed E-state index contributed by atoms with van der Waals surface area (Å²) in [5, 5.41) is 21.8. The highest BCUT2D eigenvalue weighted by atomic mass is 35.5.